The third-order valence-electron chi connectivity index (χ3n) is 3.83. The highest BCUT2D eigenvalue weighted by Gasteiger charge is 2.17. The summed E-state index contributed by atoms with van der Waals surface area (Å²) in [6.45, 7) is 8.27. The fourth-order valence-corrected chi connectivity index (χ4v) is 3.71. The molecule has 5 nitrogen and oxygen atoms in total. The first kappa shape index (κ1) is 20.5. The molecule has 26 heavy (non-hydrogen) atoms. The molecule has 0 radical (unpaired) electrons. The van der Waals surface area contributed by atoms with E-state index in [1.807, 2.05) is 12.1 Å². The van der Waals surface area contributed by atoms with E-state index in [4.69, 9.17) is 5.14 Å². The molecule has 2 rings (SSSR count). The summed E-state index contributed by atoms with van der Waals surface area (Å²) in [5.74, 6) is -0.207. The first-order valence-electron chi connectivity index (χ1n) is 8.18. The van der Waals surface area contributed by atoms with Crippen LogP contribution in [0, 0.1) is 0 Å². The molecule has 140 valence electrons. The number of rotatable bonds is 5. The van der Waals surface area contributed by atoms with Gasteiger partial charge in [-0.15, -0.1) is 11.8 Å². The number of primary sulfonamides is 1. The Balaban J connectivity index is 2.04. The van der Waals surface area contributed by atoms with Crippen molar-refractivity contribution in [2.45, 2.75) is 48.2 Å². The third kappa shape index (κ3) is 5.59. The van der Waals surface area contributed by atoms with Crippen molar-refractivity contribution in [2.75, 3.05) is 5.32 Å². The monoisotopic (exact) mass is 392 g/mol. The second kappa shape index (κ2) is 7.82. The summed E-state index contributed by atoms with van der Waals surface area (Å²) in [5.41, 5.74) is 1.72. The van der Waals surface area contributed by atoms with E-state index in [-0.39, 0.29) is 21.5 Å². The molecular weight excluding hydrogens is 368 g/mol. The number of amides is 1. The molecule has 0 aromatic heterocycles. The number of thioether (sulfide) groups is 1. The Kier molecular flexibility index (Phi) is 6.16. The summed E-state index contributed by atoms with van der Waals surface area (Å²) < 4.78 is 22.8. The lowest BCUT2D eigenvalue weighted by Gasteiger charge is -2.19. The van der Waals surface area contributed by atoms with Gasteiger partial charge in [-0.05, 0) is 48.2 Å². The van der Waals surface area contributed by atoms with Gasteiger partial charge in [0.15, 0.2) is 0 Å². The molecule has 0 fully saturated rings. The van der Waals surface area contributed by atoms with Crippen LogP contribution in [0.2, 0.25) is 0 Å². The van der Waals surface area contributed by atoms with Gasteiger partial charge in [-0.1, -0.05) is 39.0 Å². The van der Waals surface area contributed by atoms with Crippen molar-refractivity contribution < 1.29 is 13.2 Å². The summed E-state index contributed by atoms with van der Waals surface area (Å²) >= 11 is 1.45. The molecule has 1 amide bonds. The van der Waals surface area contributed by atoms with Gasteiger partial charge in [-0.2, -0.15) is 0 Å². The highest BCUT2D eigenvalue weighted by Crippen LogP contribution is 2.28. The van der Waals surface area contributed by atoms with E-state index in [9.17, 15) is 13.2 Å². The Morgan fingerprint density at radius 2 is 1.73 bits per heavy atom. The molecule has 0 saturated carbocycles. The Bertz CT molecular complexity index is 886. The van der Waals surface area contributed by atoms with Gasteiger partial charge in [-0.3, -0.25) is 4.79 Å². The zero-order valence-electron chi connectivity index (χ0n) is 15.3. The minimum absolute atomic E-state index is 0.0339. The standard InChI is InChI=1S/C19H24N2O3S2/c1-13(25-16-10-8-14(9-11-16)19(2,3)4)18(22)21-15-6-5-7-17(12-15)26(20,23)24/h5-13H,1-4H3,(H,21,22)(H2,20,23,24). The number of sulfonamides is 1. The maximum absolute atomic E-state index is 12.4. The smallest absolute Gasteiger partial charge is 0.238 e. The van der Waals surface area contributed by atoms with Crippen LogP contribution in [0.3, 0.4) is 0 Å². The van der Waals surface area contributed by atoms with Gasteiger partial charge in [0.25, 0.3) is 0 Å². The van der Waals surface area contributed by atoms with Gasteiger partial charge in [0, 0.05) is 10.6 Å². The molecule has 2 aromatic rings. The van der Waals surface area contributed by atoms with E-state index in [2.05, 4.69) is 38.2 Å². The zero-order valence-corrected chi connectivity index (χ0v) is 16.9. The minimum atomic E-state index is -3.80. The molecular formula is C19H24N2O3S2. The van der Waals surface area contributed by atoms with Crippen LogP contribution < -0.4 is 10.5 Å². The lowest BCUT2D eigenvalue weighted by molar-refractivity contribution is -0.115. The van der Waals surface area contributed by atoms with Gasteiger partial charge < -0.3 is 5.32 Å². The number of nitrogens with two attached hydrogens (primary N) is 1. The Hall–Kier alpha value is -1.83. The molecule has 1 unspecified atom stereocenters. The summed E-state index contributed by atoms with van der Waals surface area (Å²) in [7, 11) is -3.80. The van der Waals surface area contributed by atoms with Crippen molar-refractivity contribution >= 4 is 33.4 Å². The molecule has 3 N–H and O–H groups in total. The molecule has 0 aliphatic rings. The Morgan fingerprint density at radius 3 is 2.27 bits per heavy atom. The van der Waals surface area contributed by atoms with Crippen molar-refractivity contribution in [3.05, 3.63) is 54.1 Å². The lowest BCUT2D eigenvalue weighted by atomic mass is 9.87. The number of anilines is 1. The fraction of sp³-hybridized carbons (Fsp3) is 0.316. The van der Waals surface area contributed by atoms with Gasteiger partial charge in [0.2, 0.25) is 15.9 Å². The van der Waals surface area contributed by atoms with Crippen LogP contribution in [0.1, 0.15) is 33.3 Å². The van der Waals surface area contributed by atoms with Crippen LogP contribution >= 0.6 is 11.8 Å². The number of hydrogen-bond donors (Lipinski definition) is 2. The summed E-state index contributed by atoms with van der Waals surface area (Å²) in [4.78, 5) is 13.4. The second-order valence-corrected chi connectivity index (χ2v) is 10.1. The van der Waals surface area contributed by atoms with E-state index >= 15 is 0 Å². The number of carbonyl (C=O) groups excluding carboxylic acids is 1. The summed E-state index contributed by atoms with van der Waals surface area (Å²) in [5, 5.41) is 7.51. The second-order valence-electron chi connectivity index (χ2n) is 7.10. The molecule has 0 saturated heterocycles. The van der Waals surface area contributed by atoms with Crippen LogP contribution in [-0.2, 0) is 20.2 Å². The maximum atomic E-state index is 12.4. The van der Waals surface area contributed by atoms with E-state index < -0.39 is 10.0 Å². The highest BCUT2D eigenvalue weighted by atomic mass is 32.2. The minimum Gasteiger partial charge on any atom is -0.325 e. The van der Waals surface area contributed by atoms with Crippen LogP contribution in [-0.4, -0.2) is 19.6 Å². The zero-order chi connectivity index (χ0) is 19.5. The number of carbonyl (C=O) groups is 1. The first-order valence-corrected chi connectivity index (χ1v) is 10.6. The average molecular weight is 393 g/mol. The van der Waals surface area contributed by atoms with Crippen LogP contribution in [0.25, 0.3) is 0 Å². The molecule has 0 heterocycles. The molecule has 0 aliphatic heterocycles. The summed E-state index contributed by atoms with van der Waals surface area (Å²) in [6.07, 6.45) is 0. The maximum Gasteiger partial charge on any atom is 0.238 e. The van der Waals surface area contributed by atoms with Gasteiger partial charge in [0.05, 0.1) is 10.1 Å². The van der Waals surface area contributed by atoms with Gasteiger partial charge in [-0.25, -0.2) is 13.6 Å². The van der Waals surface area contributed by atoms with E-state index in [1.165, 1.54) is 29.5 Å². The van der Waals surface area contributed by atoms with Crippen molar-refractivity contribution in [1.82, 2.24) is 0 Å². The van der Waals surface area contributed by atoms with Crippen molar-refractivity contribution in [3.8, 4) is 0 Å². The normalized spacial score (nSPS) is 13.3. The molecule has 2 aromatic carbocycles. The average Bonchev–Trinajstić information content (AvgIpc) is 2.54. The van der Waals surface area contributed by atoms with Crippen LogP contribution in [0.5, 0.6) is 0 Å². The van der Waals surface area contributed by atoms with Crippen molar-refractivity contribution in [3.63, 3.8) is 0 Å². The van der Waals surface area contributed by atoms with E-state index in [0.717, 1.165) is 4.90 Å². The topological polar surface area (TPSA) is 89.3 Å². The van der Waals surface area contributed by atoms with Crippen LogP contribution in [0.15, 0.2) is 58.3 Å². The molecule has 0 spiro atoms. The van der Waals surface area contributed by atoms with Crippen LogP contribution in [0.4, 0.5) is 5.69 Å². The van der Waals surface area contributed by atoms with Crippen molar-refractivity contribution in [1.29, 1.82) is 0 Å². The molecule has 0 bridgehead atoms. The molecule has 1 atom stereocenters. The first-order chi connectivity index (χ1) is 12.0. The van der Waals surface area contributed by atoms with E-state index in [0.29, 0.717) is 5.69 Å². The molecule has 0 aliphatic carbocycles. The Labute approximate surface area is 159 Å². The largest absolute Gasteiger partial charge is 0.325 e. The van der Waals surface area contributed by atoms with E-state index in [1.54, 1.807) is 19.1 Å². The molecule has 7 heteroatoms. The highest BCUT2D eigenvalue weighted by molar-refractivity contribution is 8.00. The lowest BCUT2D eigenvalue weighted by Crippen LogP contribution is -2.22. The quantitative estimate of drug-likeness (QED) is 0.759. The number of nitrogens with one attached hydrogen (secondary N) is 1. The number of benzene rings is 2. The SMILES string of the molecule is CC(Sc1ccc(C(C)(C)C)cc1)C(=O)Nc1cccc(S(N)(=O)=O)c1. The van der Waals surface area contributed by atoms with Gasteiger partial charge in [0.1, 0.15) is 0 Å². The van der Waals surface area contributed by atoms with Crippen molar-refractivity contribution in [2.24, 2.45) is 5.14 Å². The third-order valence-corrected chi connectivity index (χ3v) is 5.86. The van der Waals surface area contributed by atoms with Gasteiger partial charge >= 0.3 is 0 Å². The predicted octanol–water partition coefficient (Wildman–Crippen LogP) is 3.75. The number of hydrogen-bond acceptors (Lipinski definition) is 4. The Morgan fingerprint density at radius 1 is 1.12 bits per heavy atom. The fourth-order valence-electron chi connectivity index (χ4n) is 2.29. The summed E-state index contributed by atoms with van der Waals surface area (Å²) in [6, 6.07) is 14.1. The predicted molar refractivity (Wildman–Crippen MR) is 107 cm³/mol.